The van der Waals surface area contributed by atoms with Crippen LogP contribution in [0.1, 0.15) is 15.9 Å². The fourth-order valence-corrected chi connectivity index (χ4v) is 2.36. The fraction of sp³-hybridized carbons (Fsp3) is 0. The molecule has 0 atom stereocenters. The summed E-state index contributed by atoms with van der Waals surface area (Å²) in [5.74, 6) is 0.0319. The smallest absolute Gasteiger partial charge is 0.289 e. The van der Waals surface area contributed by atoms with E-state index in [1.165, 1.54) is 0 Å². The summed E-state index contributed by atoms with van der Waals surface area (Å²) < 4.78 is 8.70. The van der Waals surface area contributed by atoms with Gasteiger partial charge in [0, 0.05) is 21.7 Å². The minimum absolute atomic E-state index is 0.0319. The number of allylic oxidation sites excluding steroid dienone is 1. The molecule has 0 aliphatic heterocycles. The van der Waals surface area contributed by atoms with Crippen molar-refractivity contribution in [3.63, 3.8) is 0 Å². The SMILES string of the molecule is O=C(/C=C/c1ccccc1)c1ccccc1.O=[P+](O)O.c1ccc2ncncc2c1. The first-order valence-corrected chi connectivity index (χ1v) is 10.0. The molecule has 0 saturated heterocycles. The van der Waals surface area contributed by atoms with Crippen LogP contribution in [0.15, 0.2) is 104 Å². The zero-order valence-electron chi connectivity index (χ0n) is 15.9. The molecule has 0 bridgehead atoms. The zero-order valence-corrected chi connectivity index (χ0v) is 16.8. The van der Waals surface area contributed by atoms with E-state index in [0.717, 1.165) is 22.0 Å². The van der Waals surface area contributed by atoms with Crippen molar-refractivity contribution in [2.75, 3.05) is 0 Å². The van der Waals surface area contributed by atoms with Crippen molar-refractivity contribution < 1.29 is 19.1 Å². The molecule has 0 saturated carbocycles. The number of para-hydroxylation sites is 1. The second kappa shape index (κ2) is 12.8. The van der Waals surface area contributed by atoms with Crippen LogP contribution in [0.4, 0.5) is 0 Å². The van der Waals surface area contributed by atoms with Crippen molar-refractivity contribution in [2.45, 2.75) is 0 Å². The van der Waals surface area contributed by atoms with E-state index in [4.69, 9.17) is 14.4 Å². The maximum absolute atomic E-state index is 11.7. The van der Waals surface area contributed by atoms with Gasteiger partial charge in [0.05, 0.1) is 5.52 Å². The van der Waals surface area contributed by atoms with Crippen molar-refractivity contribution in [3.8, 4) is 0 Å². The second-order valence-corrected chi connectivity index (χ2v) is 6.31. The predicted molar refractivity (Wildman–Crippen MR) is 118 cm³/mol. The number of rotatable bonds is 3. The standard InChI is InChI=1S/C15H12O.C8H6N2.HO3P/c16-15(14-9-5-2-6-10-14)12-11-13-7-3-1-4-8-13;1-2-4-8-7(3-1)5-9-6-10-8;1-4(2)3/h1-12H;1-6H;(H-,1,2,3)/p+1/b12-11+;;. The molecule has 0 fully saturated rings. The summed E-state index contributed by atoms with van der Waals surface area (Å²) >= 11 is 0. The number of hydrogen-bond donors (Lipinski definition) is 2. The summed E-state index contributed by atoms with van der Waals surface area (Å²) in [5, 5.41) is 1.09. The Morgan fingerprint density at radius 1 is 0.833 bits per heavy atom. The normalized spacial score (nSPS) is 9.80. The van der Waals surface area contributed by atoms with Gasteiger partial charge in [-0.25, -0.2) is 9.97 Å². The number of carbonyl (C=O) groups is 1. The van der Waals surface area contributed by atoms with Crippen molar-refractivity contribution in [2.24, 2.45) is 0 Å². The summed E-state index contributed by atoms with van der Waals surface area (Å²) in [6.07, 6.45) is 6.80. The topological polar surface area (TPSA) is 100 Å². The van der Waals surface area contributed by atoms with Crippen LogP contribution in [-0.4, -0.2) is 25.5 Å². The molecule has 1 aromatic heterocycles. The van der Waals surface area contributed by atoms with E-state index in [1.807, 2.05) is 97.2 Å². The Morgan fingerprint density at radius 2 is 1.40 bits per heavy atom. The molecule has 150 valence electrons. The third-order valence-electron chi connectivity index (χ3n) is 3.70. The maximum Gasteiger partial charge on any atom is 0.692 e. The first kappa shape index (κ1) is 22.7. The Hall–Kier alpha value is -3.57. The van der Waals surface area contributed by atoms with Crippen LogP contribution >= 0.6 is 8.25 Å². The van der Waals surface area contributed by atoms with Crippen molar-refractivity contribution in [3.05, 3.63) is 115 Å². The minimum atomic E-state index is -2.87. The molecule has 3 aromatic carbocycles. The number of aromatic nitrogens is 2. The highest BCUT2D eigenvalue weighted by atomic mass is 31.1. The summed E-state index contributed by atoms with van der Waals surface area (Å²) in [6, 6.07) is 27.0. The number of hydrogen-bond acceptors (Lipinski definition) is 4. The van der Waals surface area contributed by atoms with Gasteiger partial charge in [0.1, 0.15) is 6.33 Å². The molecular weight excluding hydrogens is 399 g/mol. The molecule has 2 N–H and O–H groups in total. The van der Waals surface area contributed by atoms with Crippen LogP contribution in [0.3, 0.4) is 0 Å². The molecule has 0 aliphatic rings. The Morgan fingerprint density at radius 3 is 2.03 bits per heavy atom. The average Bonchev–Trinajstić information content (AvgIpc) is 2.79. The van der Waals surface area contributed by atoms with E-state index in [-0.39, 0.29) is 5.78 Å². The van der Waals surface area contributed by atoms with E-state index in [2.05, 4.69) is 9.97 Å². The Labute approximate surface area is 175 Å². The van der Waals surface area contributed by atoms with Crippen LogP contribution in [0.25, 0.3) is 17.0 Å². The molecule has 4 aromatic rings. The van der Waals surface area contributed by atoms with E-state index in [1.54, 1.807) is 12.4 Å². The van der Waals surface area contributed by atoms with E-state index in [0.29, 0.717) is 0 Å². The average molecular weight is 419 g/mol. The summed E-state index contributed by atoms with van der Waals surface area (Å²) in [6.45, 7) is 0. The van der Waals surface area contributed by atoms with Gasteiger partial charge < -0.3 is 0 Å². The van der Waals surface area contributed by atoms with Crippen LogP contribution in [-0.2, 0) is 4.57 Å². The Kier molecular flexibility index (Phi) is 9.69. The third-order valence-corrected chi connectivity index (χ3v) is 3.70. The number of ketones is 1. The van der Waals surface area contributed by atoms with E-state index in [9.17, 15) is 4.79 Å². The van der Waals surface area contributed by atoms with E-state index >= 15 is 0 Å². The highest BCUT2D eigenvalue weighted by Crippen LogP contribution is 2.07. The van der Waals surface area contributed by atoms with Crippen LogP contribution < -0.4 is 0 Å². The summed E-state index contributed by atoms with van der Waals surface area (Å²) in [5.41, 5.74) is 2.75. The van der Waals surface area contributed by atoms with Gasteiger partial charge in [0.15, 0.2) is 5.78 Å². The molecule has 6 nitrogen and oxygen atoms in total. The summed E-state index contributed by atoms with van der Waals surface area (Å²) in [7, 11) is -2.87. The zero-order chi connectivity index (χ0) is 21.6. The second-order valence-electron chi connectivity index (χ2n) is 5.81. The lowest BCUT2D eigenvalue weighted by molar-refractivity contribution is 0.104. The van der Waals surface area contributed by atoms with Gasteiger partial charge in [-0.15, -0.1) is 9.79 Å². The Balaban J connectivity index is 0.000000194. The molecular formula is C23H20N2O4P+. The highest BCUT2D eigenvalue weighted by Gasteiger charge is 1.98. The van der Waals surface area contributed by atoms with Crippen molar-refractivity contribution in [1.29, 1.82) is 0 Å². The monoisotopic (exact) mass is 419 g/mol. The maximum atomic E-state index is 11.7. The van der Waals surface area contributed by atoms with Crippen LogP contribution in [0, 0.1) is 0 Å². The van der Waals surface area contributed by atoms with Crippen molar-refractivity contribution >= 4 is 31.0 Å². The van der Waals surface area contributed by atoms with Gasteiger partial charge in [-0.2, -0.15) is 0 Å². The lowest BCUT2D eigenvalue weighted by Gasteiger charge is -1.94. The first-order valence-electron chi connectivity index (χ1n) is 8.88. The molecule has 7 heteroatoms. The quantitative estimate of drug-likeness (QED) is 0.280. The van der Waals surface area contributed by atoms with Gasteiger partial charge in [0.25, 0.3) is 0 Å². The lowest BCUT2D eigenvalue weighted by atomic mass is 10.1. The van der Waals surface area contributed by atoms with Gasteiger partial charge in [-0.1, -0.05) is 84.9 Å². The van der Waals surface area contributed by atoms with Crippen molar-refractivity contribution in [1.82, 2.24) is 9.97 Å². The minimum Gasteiger partial charge on any atom is -0.289 e. The number of benzene rings is 3. The van der Waals surface area contributed by atoms with Gasteiger partial charge in [0.2, 0.25) is 0 Å². The van der Waals surface area contributed by atoms with E-state index < -0.39 is 8.25 Å². The molecule has 0 amide bonds. The molecule has 0 unspecified atom stereocenters. The number of fused-ring (bicyclic) bond motifs is 1. The number of nitrogens with zero attached hydrogens (tertiary/aromatic N) is 2. The van der Waals surface area contributed by atoms with Crippen LogP contribution in [0.2, 0.25) is 0 Å². The van der Waals surface area contributed by atoms with Gasteiger partial charge in [-0.3, -0.25) is 4.79 Å². The predicted octanol–water partition coefficient (Wildman–Crippen LogP) is 4.84. The lowest BCUT2D eigenvalue weighted by Crippen LogP contribution is -1.92. The molecule has 30 heavy (non-hydrogen) atoms. The molecule has 0 aliphatic carbocycles. The largest absolute Gasteiger partial charge is 0.692 e. The van der Waals surface area contributed by atoms with Gasteiger partial charge >= 0.3 is 8.25 Å². The third kappa shape index (κ3) is 8.63. The summed E-state index contributed by atoms with van der Waals surface area (Å²) in [4.78, 5) is 33.9. The number of carbonyl (C=O) groups excluding carboxylic acids is 1. The fourth-order valence-electron chi connectivity index (χ4n) is 2.36. The Bertz CT molecular complexity index is 1030. The first-order chi connectivity index (χ1) is 14.6. The van der Waals surface area contributed by atoms with Gasteiger partial charge in [-0.05, 0) is 17.7 Å². The molecule has 4 rings (SSSR count). The van der Waals surface area contributed by atoms with Crippen LogP contribution in [0.5, 0.6) is 0 Å². The highest BCUT2D eigenvalue weighted by molar-refractivity contribution is 7.30. The molecule has 0 spiro atoms. The molecule has 0 radical (unpaired) electrons. The molecule has 1 heterocycles.